The van der Waals surface area contributed by atoms with Crippen molar-refractivity contribution < 1.29 is 44.2 Å². The molecular formula is C26H40O9. The van der Waals surface area contributed by atoms with E-state index in [0.29, 0.717) is 19.3 Å². The van der Waals surface area contributed by atoms with Gasteiger partial charge >= 0.3 is 11.9 Å². The zero-order valence-corrected chi connectivity index (χ0v) is 21.2. The Morgan fingerprint density at radius 2 is 1.89 bits per heavy atom. The molecular weight excluding hydrogens is 456 g/mol. The average Bonchev–Trinajstić information content (AvgIpc) is 3.09. The molecule has 14 atom stereocenters. The van der Waals surface area contributed by atoms with E-state index >= 15 is 0 Å². The number of aliphatic hydroxyl groups is 4. The predicted octanol–water partition coefficient (Wildman–Crippen LogP) is 0.996. The maximum absolute atomic E-state index is 13.3. The van der Waals surface area contributed by atoms with Crippen LogP contribution in [0.3, 0.4) is 0 Å². The van der Waals surface area contributed by atoms with Gasteiger partial charge in [-0.25, -0.2) is 4.79 Å². The van der Waals surface area contributed by atoms with Gasteiger partial charge in [0.15, 0.2) is 5.79 Å². The van der Waals surface area contributed by atoms with Gasteiger partial charge in [-0.05, 0) is 37.0 Å². The number of hydrogen-bond acceptors (Lipinski definition) is 9. The Morgan fingerprint density at radius 3 is 2.54 bits per heavy atom. The Morgan fingerprint density at radius 1 is 1.20 bits per heavy atom. The van der Waals surface area contributed by atoms with Crippen LogP contribution in [0.5, 0.6) is 0 Å². The van der Waals surface area contributed by atoms with Gasteiger partial charge in [0.2, 0.25) is 6.10 Å². The van der Waals surface area contributed by atoms with Gasteiger partial charge in [-0.3, -0.25) is 4.79 Å². The molecule has 2 heterocycles. The molecule has 0 aromatic carbocycles. The topological polar surface area (TPSA) is 143 Å². The minimum absolute atomic E-state index is 0.00372. The smallest absolute Gasteiger partial charge is 0.348 e. The minimum atomic E-state index is -1.99. The summed E-state index contributed by atoms with van der Waals surface area (Å²) in [5.41, 5.74) is -2.00. The van der Waals surface area contributed by atoms with Crippen molar-refractivity contribution in [3.63, 3.8) is 0 Å². The van der Waals surface area contributed by atoms with Crippen molar-refractivity contribution >= 4 is 11.9 Å². The molecule has 5 rings (SSSR count). The highest BCUT2D eigenvalue weighted by molar-refractivity contribution is 5.82. The minimum Gasteiger partial charge on any atom is -0.459 e. The summed E-state index contributed by atoms with van der Waals surface area (Å²) >= 11 is 0. The first-order valence-corrected chi connectivity index (χ1v) is 13.2. The summed E-state index contributed by atoms with van der Waals surface area (Å²) in [5.74, 6) is -5.87. The van der Waals surface area contributed by atoms with Crippen molar-refractivity contribution in [2.24, 2.45) is 46.3 Å². The number of esters is 2. The molecule has 1 spiro atoms. The number of fused-ring (bicyclic) bond motifs is 1. The number of aliphatic hydroxyl groups excluding tert-OH is 3. The Kier molecular flexibility index (Phi) is 5.89. The second-order valence-electron chi connectivity index (χ2n) is 12.3. The van der Waals surface area contributed by atoms with Gasteiger partial charge in [0.25, 0.3) is 0 Å². The molecule has 0 radical (unpaired) electrons. The molecule has 0 aromatic heterocycles. The molecule has 0 aromatic rings. The predicted molar refractivity (Wildman–Crippen MR) is 121 cm³/mol. The largest absolute Gasteiger partial charge is 0.459 e. The van der Waals surface area contributed by atoms with Gasteiger partial charge in [0.05, 0.1) is 24.7 Å². The van der Waals surface area contributed by atoms with Crippen LogP contribution >= 0.6 is 0 Å². The van der Waals surface area contributed by atoms with Gasteiger partial charge in [-0.2, -0.15) is 0 Å². The SMILES string of the molecule is CCCC(C)C(=O)O[C@H]1C(=O)O[C@@H]2C[C@H]3[C@H](C)C[C@H](O)[C@@H](O)[C@]3(C)[C@H]3[C@@]4(O)OC[C@]32[C@@H]1[C@@H](C)[C@H]4O. The first-order valence-electron chi connectivity index (χ1n) is 13.2. The summed E-state index contributed by atoms with van der Waals surface area (Å²) < 4.78 is 17.8. The summed E-state index contributed by atoms with van der Waals surface area (Å²) in [5, 5.41) is 45.4. The first kappa shape index (κ1) is 25.4. The van der Waals surface area contributed by atoms with Crippen molar-refractivity contribution in [1.82, 2.24) is 0 Å². The highest BCUT2D eigenvalue weighted by Crippen LogP contribution is 2.74. The molecule has 9 heteroatoms. The summed E-state index contributed by atoms with van der Waals surface area (Å²) in [6.07, 6.45) is -3.18. The van der Waals surface area contributed by atoms with Crippen LogP contribution in [0.25, 0.3) is 0 Å². The summed E-state index contributed by atoms with van der Waals surface area (Å²) in [4.78, 5) is 26.2. The molecule has 2 bridgehead atoms. The zero-order chi connectivity index (χ0) is 25.7. The van der Waals surface area contributed by atoms with E-state index in [1.807, 2.05) is 20.8 Å². The molecule has 2 aliphatic heterocycles. The van der Waals surface area contributed by atoms with E-state index in [0.717, 1.165) is 6.42 Å². The molecule has 3 aliphatic carbocycles. The van der Waals surface area contributed by atoms with E-state index in [4.69, 9.17) is 14.2 Å². The normalized spacial score (nSPS) is 55.4. The molecule has 198 valence electrons. The number of hydrogen-bond donors (Lipinski definition) is 4. The van der Waals surface area contributed by atoms with Gasteiger partial charge < -0.3 is 34.6 Å². The zero-order valence-electron chi connectivity index (χ0n) is 21.2. The van der Waals surface area contributed by atoms with Crippen LogP contribution in [0, 0.1) is 46.3 Å². The van der Waals surface area contributed by atoms with Crippen LogP contribution in [0.1, 0.15) is 60.3 Å². The van der Waals surface area contributed by atoms with E-state index in [-0.39, 0.29) is 18.4 Å². The highest BCUT2D eigenvalue weighted by Gasteiger charge is 2.83. The van der Waals surface area contributed by atoms with Crippen molar-refractivity contribution in [2.75, 3.05) is 6.61 Å². The number of carbonyl (C=O) groups excluding carboxylic acids is 2. The fourth-order valence-corrected chi connectivity index (χ4v) is 9.14. The van der Waals surface area contributed by atoms with Crippen molar-refractivity contribution in [3.8, 4) is 0 Å². The van der Waals surface area contributed by atoms with Crippen LogP contribution in [-0.2, 0) is 23.8 Å². The van der Waals surface area contributed by atoms with Crippen LogP contribution in [0.4, 0.5) is 0 Å². The average molecular weight is 497 g/mol. The van der Waals surface area contributed by atoms with Crippen LogP contribution in [0.15, 0.2) is 0 Å². The lowest BCUT2D eigenvalue weighted by Crippen LogP contribution is -2.78. The van der Waals surface area contributed by atoms with E-state index in [9.17, 15) is 30.0 Å². The lowest BCUT2D eigenvalue weighted by Gasteiger charge is -2.69. The van der Waals surface area contributed by atoms with Gasteiger partial charge in [0.1, 0.15) is 12.2 Å². The number of carbonyl (C=O) groups is 2. The van der Waals surface area contributed by atoms with Gasteiger partial charge in [0, 0.05) is 22.7 Å². The number of rotatable bonds is 4. The van der Waals surface area contributed by atoms with Crippen LogP contribution < -0.4 is 0 Å². The Hall–Kier alpha value is -1.26. The maximum atomic E-state index is 13.3. The summed E-state index contributed by atoms with van der Waals surface area (Å²) in [6.45, 7) is 9.30. The Balaban J connectivity index is 1.64. The molecule has 3 saturated carbocycles. The highest BCUT2D eigenvalue weighted by atomic mass is 16.7. The van der Waals surface area contributed by atoms with Gasteiger partial charge in [-0.1, -0.05) is 41.0 Å². The maximum Gasteiger partial charge on any atom is 0.348 e. The van der Waals surface area contributed by atoms with E-state index in [1.54, 1.807) is 13.8 Å². The molecule has 5 fully saturated rings. The standard InChI is InChI=1S/C26H40O9/c1-6-7-11(2)21(30)35-18-17-13(4)19(28)26(32)23-24(5)14(12(3)8-15(27)20(24)29)9-16(34-22(18)31)25(17,23)10-33-26/h11-20,23,27-29,32H,6-10H2,1-5H3/t11?,12-,13-,14+,15+,16-,17-,18-,19-,20-,23-,24-,25+,26+/m1/s1. The van der Waals surface area contributed by atoms with Crippen molar-refractivity contribution in [1.29, 1.82) is 0 Å². The van der Waals surface area contributed by atoms with E-state index in [1.165, 1.54) is 0 Å². The van der Waals surface area contributed by atoms with Crippen LogP contribution in [0.2, 0.25) is 0 Å². The Labute approximate surface area is 206 Å². The second-order valence-corrected chi connectivity index (χ2v) is 12.3. The summed E-state index contributed by atoms with van der Waals surface area (Å²) in [6, 6.07) is 0. The fraction of sp³-hybridized carbons (Fsp3) is 0.923. The third-order valence-corrected chi connectivity index (χ3v) is 10.6. The monoisotopic (exact) mass is 496 g/mol. The molecule has 9 nitrogen and oxygen atoms in total. The Bertz CT molecular complexity index is 894. The third kappa shape index (κ3) is 3.05. The van der Waals surface area contributed by atoms with Crippen LogP contribution in [-0.4, -0.2) is 75.3 Å². The van der Waals surface area contributed by atoms with Gasteiger partial charge in [-0.15, -0.1) is 0 Å². The molecule has 0 amide bonds. The molecule has 1 unspecified atom stereocenters. The molecule has 2 saturated heterocycles. The second kappa shape index (κ2) is 8.12. The fourth-order valence-electron chi connectivity index (χ4n) is 9.14. The summed E-state index contributed by atoms with van der Waals surface area (Å²) in [7, 11) is 0. The first-order chi connectivity index (χ1) is 16.3. The quantitative estimate of drug-likeness (QED) is 0.419. The van der Waals surface area contributed by atoms with Crippen molar-refractivity contribution in [3.05, 3.63) is 0 Å². The van der Waals surface area contributed by atoms with Crippen molar-refractivity contribution in [2.45, 2.75) is 96.6 Å². The van der Waals surface area contributed by atoms with E-state index < -0.39 is 82.7 Å². The van der Waals surface area contributed by atoms with E-state index in [2.05, 4.69) is 0 Å². The molecule has 4 N–H and O–H groups in total. The third-order valence-electron chi connectivity index (χ3n) is 10.6. The lowest BCUT2D eigenvalue weighted by atomic mass is 9.37. The lowest BCUT2D eigenvalue weighted by molar-refractivity contribution is -0.355. The molecule has 5 aliphatic rings. The number of ether oxygens (including phenoxy) is 3. The molecule has 35 heavy (non-hydrogen) atoms.